The second kappa shape index (κ2) is 11.2. The molecule has 2 unspecified atom stereocenters. The van der Waals surface area contributed by atoms with E-state index in [9.17, 15) is 24.3 Å². The summed E-state index contributed by atoms with van der Waals surface area (Å²) in [6, 6.07) is 3.28. The molecule has 0 saturated carbocycles. The minimum Gasteiger partial charge on any atom is -0.471 e. The Morgan fingerprint density at radius 1 is 1.31 bits per heavy atom. The molecule has 4 N–H and O–H groups in total. The quantitative estimate of drug-likeness (QED) is 0.310. The van der Waals surface area contributed by atoms with E-state index in [0.29, 0.717) is 0 Å². The summed E-state index contributed by atoms with van der Waals surface area (Å²) < 4.78 is 10.5. The van der Waals surface area contributed by atoms with Crippen LogP contribution in [0.5, 0.6) is 0 Å². The van der Waals surface area contributed by atoms with Gasteiger partial charge < -0.3 is 24.8 Å². The molecule has 0 saturated heterocycles. The van der Waals surface area contributed by atoms with Crippen LogP contribution in [0.2, 0.25) is 0 Å². The van der Waals surface area contributed by atoms with Gasteiger partial charge in [-0.25, -0.2) is 10.3 Å². The minimum atomic E-state index is -1.85. The largest absolute Gasteiger partial charge is 0.471 e. The van der Waals surface area contributed by atoms with Gasteiger partial charge >= 0.3 is 6.09 Å². The first-order valence-electron chi connectivity index (χ1n) is 9.85. The Kier molecular flexibility index (Phi) is 8.67. The highest BCUT2D eigenvalue weighted by Crippen LogP contribution is 2.18. The summed E-state index contributed by atoms with van der Waals surface area (Å²) in [4.78, 5) is 53.6. The van der Waals surface area contributed by atoms with E-state index in [1.807, 2.05) is 0 Å². The fourth-order valence-electron chi connectivity index (χ4n) is 2.82. The number of carbonyl (C=O) groups is 4. The van der Waals surface area contributed by atoms with E-state index >= 15 is 0 Å². The summed E-state index contributed by atoms with van der Waals surface area (Å²) in [6.07, 6.45) is -0.777. The molecule has 0 radical (unpaired) electrons. The van der Waals surface area contributed by atoms with Gasteiger partial charge in [0.2, 0.25) is 6.10 Å². The van der Waals surface area contributed by atoms with Crippen LogP contribution in [0.25, 0.3) is 0 Å². The zero-order valence-electron chi connectivity index (χ0n) is 17.8. The maximum atomic E-state index is 12.6. The van der Waals surface area contributed by atoms with Crippen molar-refractivity contribution < 1.29 is 39.0 Å². The van der Waals surface area contributed by atoms with E-state index in [1.54, 1.807) is 45.3 Å². The van der Waals surface area contributed by atoms with Gasteiger partial charge in [0.05, 0.1) is 0 Å². The monoisotopic (exact) mass is 450 g/mol. The van der Waals surface area contributed by atoms with E-state index in [0.717, 1.165) is 11.6 Å². The summed E-state index contributed by atoms with van der Waals surface area (Å²) >= 11 is 0. The number of pyridine rings is 1. The number of carbonyl (C=O) groups excluding carboxylic acids is 4. The molecule has 1 aromatic heterocycles. The fourth-order valence-corrected chi connectivity index (χ4v) is 2.82. The summed E-state index contributed by atoms with van der Waals surface area (Å²) in [5.41, 5.74) is 1.99. The Morgan fingerprint density at radius 3 is 2.62 bits per heavy atom. The van der Waals surface area contributed by atoms with Gasteiger partial charge in [-0.1, -0.05) is 6.07 Å². The van der Waals surface area contributed by atoms with Gasteiger partial charge in [0, 0.05) is 43.2 Å². The van der Waals surface area contributed by atoms with Gasteiger partial charge in [-0.3, -0.25) is 24.6 Å². The van der Waals surface area contributed by atoms with Crippen LogP contribution in [0.15, 0.2) is 36.4 Å². The molecule has 0 aromatic carbocycles. The predicted octanol–water partition coefficient (Wildman–Crippen LogP) is -0.176. The fraction of sp³-hybridized carbons (Fsp3) is 0.450. The third-order valence-electron chi connectivity index (χ3n) is 4.63. The molecule has 0 spiro atoms. The Morgan fingerprint density at radius 2 is 2.03 bits per heavy atom. The highest BCUT2D eigenvalue weighted by atomic mass is 16.6. The number of amides is 3. The minimum absolute atomic E-state index is 0.0122. The number of hydroxylamine groups is 1. The number of nitrogens with zero attached hydrogens (tertiary/aromatic N) is 2. The number of ether oxygens (including phenoxy) is 2. The van der Waals surface area contributed by atoms with Crippen molar-refractivity contribution in [3.8, 4) is 0 Å². The molecule has 1 aliphatic rings. The Hall–Kier alpha value is -3.51. The molecule has 1 aromatic rings. The first-order chi connectivity index (χ1) is 15.1. The summed E-state index contributed by atoms with van der Waals surface area (Å²) in [5, 5.41) is 20.8. The van der Waals surface area contributed by atoms with Crippen molar-refractivity contribution in [1.29, 1.82) is 0 Å². The van der Waals surface area contributed by atoms with E-state index in [4.69, 9.17) is 14.7 Å². The Balaban J connectivity index is 1.93. The molecule has 32 heavy (non-hydrogen) atoms. The highest BCUT2D eigenvalue weighted by Gasteiger charge is 2.39. The van der Waals surface area contributed by atoms with Crippen LogP contribution in [0.4, 0.5) is 4.79 Å². The average molecular weight is 450 g/mol. The standard InChI is InChI=1S/C20H26N4O8/c1-11(2)24(20(29)31-12(3)13-5-4-6-21-10-13)8-7-22-18(27)15-9-14(25)16(26)17(32-15)19(28)23-30/h4-6,9-12,16-17,26,30H,7-8H2,1-3H3,(H,22,27)(H,23,28)/t12-,16?,17?/m0/s1. The zero-order valence-corrected chi connectivity index (χ0v) is 17.8. The topological polar surface area (TPSA) is 167 Å². The zero-order chi connectivity index (χ0) is 23.8. The van der Waals surface area contributed by atoms with Gasteiger partial charge in [0.1, 0.15) is 6.10 Å². The van der Waals surface area contributed by atoms with Crippen molar-refractivity contribution in [2.24, 2.45) is 0 Å². The molecular weight excluding hydrogens is 424 g/mol. The maximum absolute atomic E-state index is 12.6. The van der Waals surface area contributed by atoms with Crippen LogP contribution in [0.1, 0.15) is 32.4 Å². The lowest BCUT2D eigenvalue weighted by atomic mass is 10.1. The number of aliphatic hydroxyl groups is 1. The van der Waals surface area contributed by atoms with Gasteiger partial charge in [-0.2, -0.15) is 0 Å². The molecular formula is C20H26N4O8. The molecule has 0 bridgehead atoms. The number of rotatable bonds is 8. The number of hydrogen-bond acceptors (Lipinski definition) is 9. The van der Waals surface area contributed by atoms with Crippen LogP contribution in [-0.4, -0.2) is 75.2 Å². The van der Waals surface area contributed by atoms with Crippen LogP contribution in [0, 0.1) is 0 Å². The normalized spacial score (nSPS) is 18.8. The third kappa shape index (κ3) is 6.25. The van der Waals surface area contributed by atoms with Crippen LogP contribution in [0.3, 0.4) is 0 Å². The Labute approximate surface area is 184 Å². The second-order valence-electron chi connectivity index (χ2n) is 7.23. The molecule has 12 nitrogen and oxygen atoms in total. The average Bonchev–Trinajstić information content (AvgIpc) is 2.77. The number of hydrogen-bond donors (Lipinski definition) is 4. The van der Waals surface area contributed by atoms with E-state index in [-0.39, 0.29) is 19.1 Å². The number of ketones is 1. The molecule has 3 amide bonds. The summed E-state index contributed by atoms with van der Waals surface area (Å²) in [7, 11) is 0. The van der Waals surface area contributed by atoms with Crippen molar-refractivity contribution >= 4 is 23.7 Å². The lowest BCUT2D eigenvalue weighted by Crippen LogP contribution is -2.50. The number of nitrogens with one attached hydrogen (secondary N) is 2. The van der Waals surface area contributed by atoms with Gasteiger partial charge in [0.15, 0.2) is 17.6 Å². The van der Waals surface area contributed by atoms with Crippen LogP contribution < -0.4 is 10.8 Å². The van der Waals surface area contributed by atoms with Gasteiger partial charge in [-0.15, -0.1) is 0 Å². The van der Waals surface area contributed by atoms with Gasteiger partial charge in [-0.05, 0) is 26.8 Å². The second-order valence-corrected chi connectivity index (χ2v) is 7.23. The molecule has 0 fully saturated rings. The third-order valence-corrected chi connectivity index (χ3v) is 4.63. The van der Waals surface area contributed by atoms with E-state index < -0.39 is 47.8 Å². The molecule has 174 valence electrons. The molecule has 3 atom stereocenters. The highest BCUT2D eigenvalue weighted by molar-refractivity contribution is 6.06. The van der Waals surface area contributed by atoms with Crippen molar-refractivity contribution in [3.05, 3.63) is 41.9 Å². The first kappa shape index (κ1) is 24.8. The van der Waals surface area contributed by atoms with Gasteiger partial charge in [0.25, 0.3) is 11.8 Å². The number of aliphatic hydroxyl groups excluding tert-OH is 1. The Bertz CT molecular complexity index is 874. The molecule has 1 aliphatic heterocycles. The summed E-state index contributed by atoms with van der Waals surface area (Å²) in [5.74, 6) is -3.44. The van der Waals surface area contributed by atoms with Crippen molar-refractivity contribution in [1.82, 2.24) is 20.7 Å². The van der Waals surface area contributed by atoms with Crippen LogP contribution in [-0.2, 0) is 23.9 Å². The first-order valence-corrected chi connectivity index (χ1v) is 9.85. The predicted molar refractivity (Wildman–Crippen MR) is 108 cm³/mol. The maximum Gasteiger partial charge on any atom is 0.410 e. The number of aromatic nitrogens is 1. The smallest absolute Gasteiger partial charge is 0.410 e. The van der Waals surface area contributed by atoms with E-state index in [1.165, 1.54) is 10.4 Å². The molecule has 12 heteroatoms. The molecule has 2 heterocycles. The lowest BCUT2D eigenvalue weighted by molar-refractivity contribution is -0.154. The lowest BCUT2D eigenvalue weighted by Gasteiger charge is -2.28. The van der Waals surface area contributed by atoms with Crippen molar-refractivity contribution in [2.75, 3.05) is 13.1 Å². The van der Waals surface area contributed by atoms with Crippen molar-refractivity contribution in [3.63, 3.8) is 0 Å². The van der Waals surface area contributed by atoms with E-state index in [2.05, 4.69) is 10.3 Å². The summed E-state index contributed by atoms with van der Waals surface area (Å²) in [6.45, 7) is 5.35. The SMILES string of the molecule is CC(C)N(CCNC(=O)C1=CC(=O)C(O)C(C(=O)NO)O1)C(=O)O[C@@H](C)c1cccnc1. The molecule has 0 aliphatic carbocycles. The molecule has 2 rings (SSSR count). The van der Waals surface area contributed by atoms with Crippen LogP contribution >= 0.6 is 0 Å². The van der Waals surface area contributed by atoms with Crippen molar-refractivity contribution in [2.45, 2.75) is 45.1 Å².